The Labute approximate surface area is 120 Å². The molecule has 96 valence electrons. The Balaban J connectivity index is 1.85. The molecule has 0 saturated carbocycles. The largest absolute Gasteiger partial charge is 0.336 e. The third-order valence-electron chi connectivity index (χ3n) is 2.68. The fourth-order valence-electron chi connectivity index (χ4n) is 1.72. The molecule has 5 heteroatoms. The van der Waals surface area contributed by atoms with Crippen LogP contribution in [0.4, 0.5) is 0 Å². The summed E-state index contributed by atoms with van der Waals surface area (Å²) >= 11 is 9.44. The Hall–Kier alpha value is -0.840. The maximum atomic E-state index is 6.06. The molecule has 1 atom stereocenters. The van der Waals surface area contributed by atoms with Gasteiger partial charge in [0.15, 0.2) is 0 Å². The smallest absolute Gasteiger partial charge is 0.0946 e. The van der Waals surface area contributed by atoms with Crippen LogP contribution < -0.4 is 5.32 Å². The van der Waals surface area contributed by atoms with Gasteiger partial charge in [-0.1, -0.05) is 17.7 Å². The van der Waals surface area contributed by atoms with Gasteiger partial charge in [0.1, 0.15) is 0 Å². The summed E-state index contributed by atoms with van der Waals surface area (Å²) in [5, 5.41) is 4.21. The first-order chi connectivity index (χ1) is 8.65. The number of benzene rings is 1. The minimum Gasteiger partial charge on any atom is -0.336 e. The quantitative estimate of drug-likeness (QED) is 0.910. The second-order valence-corrected chi connectivity index (χ2v) is 5.55. The first-order valence-corrected chi connectivity index (χ1v) is 6.95. The van der Waals surface area contributed by atoms with Crippen molar-refractivity contribution in [2.45, 2.75) is 26.1 Å². The average molecular weight is 329 g/mol. The van der Waals surface area contributed by atoms with E-state index in [2.05, 4.69) is 43.8 Å². The minimum atomic E-state index is 0.377. The normalized spacial score (nSPS) is 12.6. The Bertz CT molecular complexity index is 499. The second kappa shape index (κ2) is 6.36. The lowest BCUT2D eigenvalue weighted by atomic mass is 10.2. The van der Waals surface area contributed by atoms with E-state index in [1.165, 1.54) is 5.56 Å². The van der Waals surface area contributed by atoms with Crippen LogP contribution in [0.3, 0.4) is 0 Å². The molecule has 0 bridgehead atoms. The zero-order chi connectivity index (χ0) is 13.0. The molecule has 0 spiro atoms. The maximum Gasteiger partial charge on any atom is 0.0946 e. The molecule has 3 nitrogen and oxygen atoms in total. The highest BCUT2D eigenvalue weighted by Gasteiger charge is 2.04. The number of rotatable bonds is 5. The Morgan fingerprint density at radius 2 is 2.33 bits per heavy atom. The van der Waals surface area contributed by atoms with Crippen LogP contribution in [0, 0.1) is 0 Å². The maximum absolute atomic E-state index is 6.06. The Morgan fingerprint density at radius 3 is 3.00 bits per heavy atom. The van der Waals surface area contributed by atoms with Gasteiger partial charge in [0.25, 0.3) is 0 Å². The fourth-order valence-corrected chi connectivity index (χ4v) is 2.17. The predicted molar refractivity (Wildman–Crippen MR) is 77.7 cm³/mol. The number of imidazole rings is 1. The third-order valence-corrected chi connectivity index (χ3v) is 3.92. The van der Waals surface area contributed by atoms with Crippen LogP contribution in [-0.2, 0) is 13.1 Å². The molecule has 0 aliphatic carbocycles. The summed E-state index contributed by atoms with van der Waals surface area (Å²) in [6, 6.07) is 6.39. The average Bonchev–Trinajstić information content (AvgIpc) is 2.83. The van der Waals surface area contributed by atoms with E-state index in [1.54, 1.807) is 6.20 Å². The summed E-state index contributed by atoms with van der Waals surface area (Å²) in [7, 11) is 0. The van der Waals surface area contributed by atoms with Gasteiger partial charge in [-0.05, 0) is 40.5 Å². The lowest BCUT2D eigenvalue weighted by molar-refractivity contribution is 0.476. The van der Waals surface area contributed by atoms with E-state index in [4.69, 9.17) is 11.6 Å². The molecule has 1 heterocycles. The number of nitrogens with zero attached hydrogens (tertiary/aromatic N) is 2. The summed E-state index contributed by atoms with van der Waals surface area (Å²) < 4.78 is 2.99. The summed E-state index contributed by atoms with van der Waals surface area (Å²) in [5.41, 5.74) is 1.18. The molecule has 1 aromatic carbocycles. The van der Waals surface area contributed by atoms with Crippen LogP contribution in [0.2, 0.25) is 5.02 Å². The second-order valence-electron chi connectivity index (χ2n) is 4.29. The molecule has 0 radical (unpaired) electrons. The first kappa shape index (κ1) is 13.6. The molecule has 1 aromatic heterocycles. The Kier molecular flexibility index (Phi) is 4.80. The van der Waals surface area contributed by atoms with Gasteiger partial charge in [-0.3, -0.25) is 0 Å². The molecule has 1 N–H and O–H groups in total. The van der Waals surface area contributed by atoms with Gasteiger partial charge in [-0.25, -0.2) is 4.98 Å². The number of hydrogen-bond acceptors (Lipinski definition) is 2. The van der Waals surface area contributed by atoms with E-state index >= 15 is 0 Å². The number of aromatic nitrogens is 2. The van der Waals surface area contributed by atoms with E-state index in [0.717, 1.165) is 22.6 Å². The summed E-state index contributed by atoms with van der Waals surface area (Å²) in [4.78, 5) is 4.03. The fraction of sp³-hybridized carbons (Fsp3) is 0.308. The molecule has 2 aromatic rings. The van der Waals surface area contributed by atoms with Gasteiger partial charge in [0, 0.05) is 36.0 Å². The lowest BCUT2D eigenvalue weighted by Crippen LogP contribution is -2.29. The van der Waals surface area contributed by atoms with E-state index in [0.29, 0.717) is 6.04 Å². The molecule has 0 fully saturated rings. The van der Waals surface area contributed by atoms with Crippen molar-refractivity contribution in [3.8, 4) is 0 Å². The molecule has 2 rings (SSSR count). The predicted octanol–water partition coefficient (Wildman–Crippen LogP) is 3.48. The first-order valence-electron chi connectivity index (χ1n) is 5.78. The van der Waals surface area contributed by atoms with Crippen LogP contribution in [0.25, 0.3) is 0 Å². The van der Waals surface area contributed by atoms with Gasteiger partial charge in [0.2, 0.25) is 0 Å². The van der Waals surface area contributed by atoms with E-state index in [-0.39, 0.29) is 0 Å². The van der Waals surface area contributed by atoms with Crippen molar-refractivity contribution in [2.24, 2.45) is 0 Å². The molecule has 18 heavy (non-hydrogen) atoms. The van der Waals surface area contributed by atoms with Crippen LogP contribution in [0.15, 0.2) is 41.4 Å². The van der Waals surface area contributed by atoms with Crippen LogP contribution in [0.1, 0.15) is 12.5 Å². The van der Waals surface area contributed by atoms with Crippen molar-refractivity contribution in [1.82, 2.24) is 14.9 Å². The van der Waals surface area contributed by atoms with Gasteiger partial charge in [-0.2, -0.15) is 0 Å². The molecular weight excluding hydrogens is 314 g/mol. The number of halogens is 2. The molecule has 1 unspecified atom stereocenters. The molecule has 0 aliphatic rings. The van der Waals surface area contributed by atoms with E-state index < -0.39 is 0 Å². The van der Waals surface area contributed by atoms with Crippen molar-refractivity contribution in [3.05, 3.63) is 52.0 Å². The van der Waals surface area contributed by atoms with E-state index in [1.807, 2.05) is 24.7 Å². The van der Waals surface area contributed by atoms with Crippen molar-refractivity contribution in [1.29, 1.82) is 0 Å². The van der Waals surface area contributed by atoms with Crippen LogP contribution >= 0.6 is 27.5 Å². The van der Waals surface area contributed by atoms with Crippen molar-refractivity contribution in [3.63, 3.8) is 0 Å². The minimum absolute atomic E-state index is 0.377. The molecular formula is C13H15BrClN3. The third kappa shape index (κ3) is 3.83. The zero-order valence-electron chi connectivity index (χ0n) is 10.1. The molecule has 0 amide bonds. The highest BCUT2D eigenvalue weighted by molar-refractivity contribution is 9.10. The highest BCUT2D eigenvalue weighted by Crippen LogP contribution is 2.23. The SMILES string of the molecule is CC(Cn1ccnc1)NCc1ccc(Br)c(Cl)c1. The summed E-state index contributed by atoms with van der Waals surface area (Å²) in [6.07, 6.45) is 5.59. The van der Waals surface area contributed by atoms with Gasteiger partial charge in [-0.15, -0.1) is 0 Å². The van der Waals surface area contributed by atoms with Gasteiger partial charge >= 0.3 is 0 Å². The number of nitrogens with one attached hydrogen (secondary N) is 1. The number of hydrogen-bond donors (Lipinski definition) is 1. The summed E-state index contributed by atoms with van der Waals surface area (Å²) in [6.45, 7) is 3.87. The lowest BCUT2D eigenvalue weighted by Gasteiger charge is -2.14. The molecule has 0 aliphatic heterocycles. The highest BCUT2D eigenvalue weighted by atomic mass is 79.9. The van der Waals surface area contributed by atoms with Gasteiger partial charge < -0.3 is 9.88 Å². The monoisotopic (exact) mass is 327 g/mol. The van der Waals surface area contributed by atoms with Crippen molar-refractivity contribution < 1.29 is 0 Å². The van der Waals surface area contributed by atoms with Crippen LogP contribution in [-0.4, -0.2) is 15.6 Å². The van der Waals surface area contributed by atoms with Crippen molar-refractivity contribution in [2.75, 3.05) is 0 Å². The standard InChI is InChI=1S/C13H15BrClN3/c1-10(8-18-5-4-16-9-18)17-7-11-2-3-12(14)13(15)6-11/h2-6,9-10,17H,7-8H2,1H3. The zero-order valence-corrected chi connectivity index (χ0v) is 12.4. The van der Waals surface area contributed by atoms with Crippen LogP contribution in [0.5, 0.6) is 0 Å². The van der Waals surface area contributed by atoms with Gasteiger partial charge in [0.05, 0.1) is 11.3 Å². The summed E-state index contributed by atoms with van der Waals surface area (Å²) in [5.74, 6) is 0. The van der Waals surface area contributed by atoms with E-state index in [9.17, 15) is 0 Å². The van der Waals surface area contributed by atoms with Crippen molar-refractivity contribution >= 4 is 27.5 Å². The molecule has 0 saturated heterocycles. The topological polar surface area (TPSA) is 29.9 Å². The Morgan fingerprint density at radius 1 is 1.50 bits per heavy atom.